The third-order valence-corrected chi connectivity index (χ3v) is 4.16. The normalized spacial score (nSPS) is 28.8. The zero-order valence-corrected chi connectivity index (χ0v) is 12.8. The van der Waals surface area contributed by atoms with E-state index in [0.717, 1.165) is 49.5 Å². The molecule has 0 saturated carbocycles. The van der Waals surface area contributed by atoms with Gasteiger partial charge in [-0.2, -0.15) is 4.42 Å². The highest BCUT2D eigenvalue weighted by Gasteiger charge is 2.39. The fourth-order valence-corrected chi connectivity index (χ4v) is 2.98. The van der Waals surface area contributed by atoms with Gasteiger partial charge in [0.25, 0.3) is 0 Å². The fourth-order valence-electron chi connectivity index (χ4n) is 2.98. The van der Waals surface area contributed by atoms with Crippen molar-refractivity contribution in [2.45, 2.75) is 6.92 Å². The summed E-state index contributed by atoms with van der Waals surface area (Å²) in [5.41, 5.74) is 0. The second kappa shape index (κ2) is 5.93. The van der Waals surface area contributed by atoms with Gasteiger partial charge in [-0.1, -0.05) is 0 Å². The first-order chi connectivity index (χ1) is 10.2. The molecule has 0 aromatic rings. The van der Waals surface area contributed by atoms with Crippen LogP contribution in [0.5, 0.6) is 0 Å². The highest BCUT2D eigenvalue weighted by molar-refractivity contribution is 5.83. The van der Waals surface area contributed by atoms with Crippen molar-refractivity contribution in [1.29, 1.82) is 0 Å². The average Bonchev–Trinajstić information content (AvgIpc) is 2.54. The van der Waals surface area contributed by atoms with Crippen LogP contribution in [0.15, 0.2) is 35.6 Å². The molecule has 1 fully saturated rings. The SMILES string of the molecule is COC1=C[C@H]2C=C(N3CCOCC3)[O+]=C(C)[C@@H]2C=C1OC. The van der Waals surface area contributed by atoms with Crippen molar-refractivity contribution in [3.63, 3.8) is 0 Å². The molecule has 21 heavy (non-hydrogen) atoms. The van der Waals surface area contributed by atoms with Crippen LogP contribution in [0.1, 0.15) is 6.92 Å². The van der Waals surface area contributed by atoms with E-state index < -0.39 is 0 Å². The second-order valence-electron chi connectivity index (χ2n) is 5.39. The molecule has 3 rings (SSSR count). The van der Waals surface area contributed by atoms with E-state index in [0.29, 0.717) is 0 Å². The van der Waals surface area contributed by atoms with Gasteiger partial charge in [0.1, 0.15) is 5.92 Å². The molecule has 2 aliphatic heterocycles. The van der Waals surface area contributed by atoms with Crippen molar-refractivity contribution in [3.8, 4) is 0 Å². The van der Waals surface area contributed by atoms with Gasteiger partial charge in [0.05, 0.1) is 27.4 Å². The molecule has 114 valence electrons. The van der Waals surface area contributed by atoms with Crippen LogP contribution in [0.25, 0.3) is 0 Å². The molecule has 0 aromatic heterocycles. The van der Waals surface area contributed by atoms with Crippen molar-refractivity contribution < 1.29 is 18.6 Å². The monoisotopic (exact) mass is 292 g/mol. The number of carbonyl (C=O) groups excluding carboxylic acids is 1. The Bertz CT molecular complexity index is 526. The fraction of sp³-hybridized carbons (Fsp3) is 0.562. The summed E-state index contributed by atoms with van der Waals surface area (Å²) >= 11 is 0. The lowest BCUT2D eigenvalue weighted by Crippen LogP contribution is -2.39. The second-order valence-corrected chi connectivity index (χ2v) is 5.39. The highest BCUT2D eigenvalue weighted by Crippen LogP contribution is 2.33. The number of hydrogen-bond acceptors (Lipinski definition) is 4. The average molecular weight is 292 g/mol. The van der Waals surface area contributed by atoms with Crippen LogP contribution < -0.4 is 0 Å². The van der Waals surface area contributed by atoms with Crippen molar-refractivity contribution in [1.82, 2.24) is 4.90 Å². The highest BCUT2D eigenvalue weighted by atomic mass is 16.5. The first kappa shape index (κ1) is 14.2. The third kappa shape index (κ3) is 2.70. The Labute approximate surface area is 125 Å². The largest absolute Gasteiger partial charge is 0.493 e. The minimum absolute atomic E-state index is 0.198. The summed E-state index contributed by atoms with van der Waals surface area (Å²) in [5.74, 6) is 3.91. The summed E-state index contributed by atoms with van der Waals surface area (Å²) in [6.07, 6.45) is 6.35. The van der Waals surface area contributed by atoms with E-state index in [2.05, 4.69) is 23.1 Å². The predicted molar refractivity (Wildman–Crippen MR) is 78.3 cm³/mol. The molecule has 0 amide bonds. The molecule has 5 heteroatoms. The Morgan fingerprint density at radius 1 is 1.10 bits per heavy atom. The van der Waals surface area contributed by atoms with E-state index in [4.69, 9.17) is 18.6 Å². The molecule has 1 saturated heterocycles. The summed E-state index contributed by atoms with van der Waals surface area (Å²) in [4.78, 5) is 2.24. The number of allylic oxidation sites excluding steroid dienone is 3. The molecule has 2 heterocycles. The van der Waals surface area contributed by atoms with E-state index in [1.54, 1.807) is 14.2 Å². The van der Waals surface area contributed by atoms with Crippen LogP contribution in [0.4, 0.5) is 0 Å². The number of ketones is 1. The van der Waals surface area contributed by atoms with Crippen LogP contribution in [0, 0.1) is 11.8 Å². The van der Waals surface area contributed by atoms with E-state index in [9.17, 15) is 0 Å². The lowest BCUT2D eigenvalue weighted by molar-refractivity contribution is -0.429. The number of morpholine rings is 1. The molecular formula is C16H22NO4+. The van der Waals surface area contributed by atoms with Crippen molar-refractivity contribution >= 4 is 5.78 Å². The Morgan fingerprint density at radius 2 is 1.76 bits per heavy atom. The Balaban J connectivity index is 1.88. The molecule has 0 unspecified atom stereocenters. The maximum Gasteiger partial charge on any atom is 0.425 e. The molecule has 3 aliphatic rings. The Hall–Kier alpha value is -1.75. The van der Waals surface area contributed by atoms with Crippen LogP contribution >= 0.6 is 0 Å². The molecule has 1 aliphatic carbocycles. The zero-order valence-electron chi connectivity index (χ0n) is 12.8. The number of ether oxygens (including phenoxy) is 3. The van der Waals surface area contributed by atoms with Gasteiger partial charge in [0.15, 0.2) is 11.5 Å². The molecule has 0 aromatic carbocycles. The van der Waals surface area contributed by atoms with E-state index in [-0.39, 0.29) is 11.8 Å². The molecule has 0 N–H and O–H groups in total. The van der Waals surface area contributed by atoms with Gasteiger partial charge in [-0.05, 0) is 12.2 Å². The van der Waals surface area contributed by atoms with E-state index in [1.807, 2.05) is 6.92 Å². The van der Waals surface area contributed by atoms with Crippen LogP contribution in [0.3, 0.4) is 0 Å². The summed E-state index contributed by atoms with van der Waals surface area (Å²) < 4.78 is 22.2. The quantitative estimate of drug-likeness (QED) is 0.741. The van der Waals surface area contributed by atoms with Crippen LogP contribution in [-0.2, 0) is 18.6 Å². The summed E-state index contributed by atoms with van der Waals surface area (Å²) in [5, 5.41) is 0. The molecular weight excluding hydrogens is 270 g/mol. The third-order valence-electron chi connectivity index (χ3n) is 4.16. The van der Waals surface area contributed by atoms with Gasteiger partial charge in [-0.25, -0.2) is 0 Å². The first-order valence-electron chi connectivity index (χ1n) is 7.30. The molecule has 5 nitrogen and oxygen atoms in total. The Kier molecular flexibility index (Phi) is 4.01. The number of methoxy groups -OCH3 is 2. The predicted octanol–water partition coefficient (Wildman–Crippen LogP) is 1.60. The standard InChI is InChI=1S/C16H22NO4/c1-11-13-10-15(19-3)14(18-2)8-12(13)9-16(21-11)17-4-6-20-7-5-17/h8-10,12-13H,4-7H2,1-3H3/q+1/t12-,13-/m0/s1. The van der Waals surface area contributed by atoms with E-state index in [1.165, 1.54) is 0 Å². The maximum atomic E-state index is 6.03. The molecule has 0 radical (unpaired) electrons. The van der Waals surface area contributed by atoms with Gasteiger partial charge in [-0.15, -0.1) is 0 Å². The number of fused-ring (bicyclic) bond motifs is 1. The number of hydrogen-bond donors (Lipinski definition) is 0. The smallest absolute Gasteiger partial charge is 0.425 e. The molecule has 0 spiro atoms. The zero-order chi connectivity index (χ0) is 14.8. The van der Waals surface area contributed by atoms with Crippen LogP contribution in [-0.4, -0.2) is 51.2 Å². The lowest BCUT2D eigenvalue weighted by Gasteiger charge is -2.28. The lowest BCUT2D eigenvalue weighted by atomic mass is 9.83. The van der Waals surface area contributed by atoms with E-state index >= 15 is 0 Å². The number of rotatable bonds is 3. The van der Waals surface area contributed by atoms with Gasteiger partial charge in [0.2, 0.25) is 0 Å². The minimum Gasteiger partial charge on any atom is -0.493 e. The van der Waals surface area contributed by atoms with Gasteiger partial charge < -0.3 is 14.2 Å². The van der Waals surface area contributed by atoms with Gasteiger partial charge in [0, 0.05) is 32.0 Å². The number of nitrogens with zero attached hydrogens (tertiary/aromatic N) is 1. The van der Waals surface area contributed by atoms with Gasteiger partial charge >= 0.3 is 11.7 Å². The summed E-state index contributed by atoms with van der Waals surface area (Å²) in [6, 6.07) is 0. The van der Waals surface area contributed by atoms with Crippen molar-refractivity contribution in [3.05, 3.63) is 35.6 Å². The Morgan fingerprint density at radius 3 is 2.43 bits per heavy atom. The van der Waals surface area contributed by atoms with Crippen LogP contribution in [0.2, 0.25) is 0 Å². The topological polar surface area (TPSA) is 42.2 Å². The van der Waals surface area contributed by atoms with Gasteiger partial charge in [-0.3, -0.25) is 4.90 Å². The minimum atomic E-state index is 0.198. The van der Waals surface area contributed by atoms with Crippen molar-refractivity contribution in [2.75, 3.05) is 40.5 Å². The molecule has 2 atom stereocenters. The summed E-state index contributed by atoms with van der Waals surface area (Å²) in [7, 11) is 3.33. The molecule has 0 bridgehead atoms. The summed E-state index contributed by atoms with van der Waals surface area (Å²) in [6.45, 7) is 5.27. The maximum absolute atomic E-state index is 6.03. The first-order valence-corrected chi connectivity index (χ1v) is 7.30. The van der Waals surface area contributed by atoms with Crippen molar-refractivity contribution in [2.24, 2.45) is 11.8 Å².